The lowest BCUT2D eigenvalue weighted by Gasteiger charge is -2.21. The zero-order chi connectivity index (χ0) is 14.7. The van der Waals surface area contributed by atoms with Crippen LogP contribution in [0.3, 0.4) is 0 Å². The highest BCUT2D eigenvalue weighted by Crippen LogP contribution is 2.31. The first-order chi connectivity index (χ1) is 9.52. The van der Waals surface area contributed by atoms with Crippen molar-refractivity contribution in [1.82, 2.24) is 5.32 Å². The molecule has 0 radical (unpaired) electrons. The number of hydrogen-bond donors (Lipinski definition) is 1. The molecule has 2 rings (SSSR count). The zero-order valence-corrected chi connectivity index (χ0v) is 13.0. The SMILES string of the molecule is CCNC(c1cc(F)ccc1F)c1ccc(C)cc1Br. The van der Waals surface area contributed by atoms with E-state index >= 15 is 0 Å². The third-order valence-corrected chi connectivity index (χ3v) is 3.83. The van der Waals surface area contributed by atoms with Crippen LogP contribution in [0.1, 0.15) is 29.7 Å². The summed E-state index contributed by atoms with van der Waals surface area (Å²) in [4.78, 5) is 0. The molecule has 2 aromatic carbocycles. The molecule has 2 aromatic rings. The smallest absolute Gasteiger partial charge is 0.128 e. The Hall–Kier alpha value is -1.26. The van der Waals surface area contributed by atoms with E-state index in [1.54, 1.807) is 0 Å². The Labute approximate surface area is 126 Å². The van der Waals surface area contributed by atoms with E-state index in [2.05, 4.69) is 21.2 Å². The van der Waals surface area contributed by atoms with Gasteiger partial charge >= 0.3 is 0 Å². The Morgan fingerprint density at radius 3 is 2.50 bits per heavy atom. The molecule has 0 saturated carbocycles. The topological polar surface area (TPSA) is 12.0 Å². The minimum atomic E-state index is -0.437. The lowest BCUT2D eigenvalue weighted by molar-refractivity contribution is 0.544. The van der Waals surface area contributed by atoms with Gasteiger partial charge in [-0.2, -0.15) is 0 Å². The highest BCUT2D eigenvalue weighted by Gasteiger charge is 2.20. The van der Waals surface area contributed by atoms with E-state index in [9.17, 15) is 8.78 Å². The van der Waals surface area contributed by atoms with Crippen molar-refractivity contribution in [3.8, 4) is 0 Å². The monoisotopic (exact) mass is 339 g/mol. The number of aryl methyl sites for hydroxylation is 1. The zero-order valence-electron chi connectivity index (χ0n) is 11.4. The Balaban J connectivity index is 2.53. The first-order valence-electron chi connectivity index (χ1n) is 6.47. The van der Waals surface area contributed by atoms with Crippen LogP contribution in [0.15, 0.2) is 40.9 Å². The first kappa shape index (κ1) is 15.1. The van der Waals surface area contributed by atoms with Gasteiger partial charge in [0.1, 0.15) is 11.6 Å². The molecule has 1 atom stereocenters. The molecule has 0 aliphatic rings. The van der Waals surface area contributed by atoms with Crippen molar-refractivity contribution in [2.75, 3.05) is 6.54 Å². The second-order valence-corrected chi connectivity index (χ2v) is 5.54. The van der Waals surface area contributed by atoms with Crippen LogP contribution in [-0.4, -0.2) is 6.54 Å². The molecule has 106 valence electrons. The molecular weight excluding hydrogens is 324 g/mol. The molecule has 0 amide bonds. The summed E-state index contributed by atoms with van der Waals surface area (Å²) in [5.74, 6) is -0.850. The maximum Gasteiger partial charge on any atom is 0.128 e. The fourth-order valence-corrected chi connectivity index (χ4v) is 2.92. The van der Waals surface area contributed by atoms with Gasteiger partial charge in [0.15, 0.2) is 0 Å². The summed E-state index contributed by atoms with van der Waals surface area (Å²) in [6, 6.07) is 9.01. The Morgan fingerprint density at radius 1 is 1.10 bits per heavy atom. The van der Waals surface area contributed by atoms with Crippen molar-refractivity contribution in [3.63, 3.8) is 0 Å². The number of hydrogen-bond acceptors (Lipinski definition) is 1. The summed E-state index contributed by atoms with van der Waals surface area (Å²) in [6.45, 7) is 4.58. The fourth-order valence-electron chi connectivity index (χ4n) is 2.19. The van der Waals surface area contributed by atoms with Crippen LogP contribution in [0.2, 0.25) is 0 Å². The molecule has 20 heavy (non-hydrogen) atoms. The van der Waals surface area contributed by atoms with Crippen molar-refractivity contribution in [2.45, 2.75) is 19.9 Å². The normalized spacial score (nSPS) is 12.4. The Morgan fingerprint density at radius 2 is 1.85 bits per heavy atom. The Kier molecular flexibility index (Phi) is 4.89. The van der Waals surface area contributed by atoms with Crippen molar-refractivity contribution in [2.24, 2.45) is 0 Å². The summed E-state index contributed by atoms with van der Waals surface area (Å²) in [5.41, 5.74) is 2.31. The summed E-state index contributed by atoms with van der Waals surface area (Å²) in [5, 5.41) is 3.21. The molecule has 0 saturated heterocycles. The van der Waals surface area contributed by atoms with Crippen LogP contribution in [-0.2, 0) is 0 Å². The molecule has 0 aliphatic carbocycles. The van der Waals surface area contributed by atoms with Crippen LogP contribution in [0, 0.1) is 18.6 Å². The van der Waals surface area contributed by atoms with E-state index in [4.69, 9.17) is 0 Å². The summed E-state index contributed by atoms with van der Waals surface area (Å²) in [7, 11) is 0. The van der Waals surface area contributed by atoms with Crippen molar-refractivity contribution in [1.29, 1.82) is 0 Å². The molecule has 4 heteroatoms. The van der Waals surface area contributed by atoms with Crippen LogP contribution < -0.4 is 5.32 Å². The van der Waals surface area contributed by atoms with Gasteiger partial charge in [0.25, 0.3) is 0 Å². The molecule has 0 bridgehead atoms. The van der Waals surface area contributed by atoms with E-state index < -0.39 is 11.6 Å². The van der Waals surface area contributed by atoms with E-state index in [1.165, 1.54) is 6.07 Å². The number of benzene rings is 2. The lowest BCUT2D eigenvalue weighted by Crippen LogP contribution is -2.23. The molecule has 0 fully saturated rings. The number of rotatable bonds is 4. The van der Waals surface area contributed by atoms with Crippen LogP contribution in [0.4, 0.5) is 8.78 Å². The second-order valence-electron chi connectivity index (χ2n) is 4.68. The molecule has 0 aliphatic heterocycles. The average Bonchev–Trinajstić information content (AvgIpc) is 2.40. The molecule has 1 N–H and O–H groups in total. The van der Waals surface area contributed by atoms with Gasteiger partial charge in [-0.1, -0.05) is 35.0 Å². The minimum absolute atomic E-state index is 0.316. The number of halogens is 3. The molecule has 1 unspecified atom stereocenters. The maximum atomic E-state index is 14.0. The van der Waals surface area contributed by atoms with E-state index in [0.29, 0.717) is 12.1 Å². The van der Waals surface area contributed by atoms with Crippen molar-refractivity contribution >= 4 is 15.9 Å². The minimum Gasteiger partial charge on any atom is -0.306 e. The summed E-state index contributed by atoms with van der Waals surface area (Å²) in [6.07, 6.45) is 0. The van der Waals surface area contributed by atoms with Crippen molar-refractivity contribution in [3.05, 3.63) is 69.2 Å². The quantitative estimate of drug-likeness (QED) is 0.848. The third kappa shape index (κ3) is 3.25. The van der Waals surface area contributed by atoms with Crippen LogP contribution in [0.5, 0.6) is 0 Å². The molecule has 1 nitrogen and oxygen atoms in total. The standard InChI is InChI=1S/C16H16BrF2N/c1-3-20-16(12-6-4-10(2)8-14(12)17)13-9-11(18)5-7-15(13)19/h4-9,16,20H,3H2,1-2H3. The number of nitrogens with one attached hydrogen (secondary N) is 1. The van der Waals surface area contributed by atoms with Crippen molar-refractivity contribution < 1.29 is 8.78 Å². The summed E-state index contributed by atoms with van der Waals surface area (Å²) >= 11 is 3.50. The van der Waals surface area contributed by atoms with E-state index in [1.807, 2.05) is 32.0 Å². The van der Waals surface area contributed by atoms with Crippen LogP contribution >= 0.6 is 15.9 Å². The van der Waals surface area contributed by atoms with Gasteiger partial charge in [-0.25, -0.2) is 8.78 Å². The predicted octanol–water partition coefficient (Wildman–Crippen LogP) is 4.73. The molecule has 0 spiro atoms. The third-order valence-electron chi connectivity index (χ3n) is 3.14. The van der Waals surface area contributed by atoms with Gasteiger partial charge in [-0.05, 0) is 48.9 Å². The highest BCUT2D eigenvalue weighted by molar-refractivity contribution is 9.10. The fraction of sp³-hybridized carbons (Fsp3) is 0.250. The summed E-state index contributed by atoms with van der Waals surface area (Å²) < 4.78 is 28.3. The predicted molar refractivity (Wildman–Crippen MR) is 80.8 cm³/mol. The maximum absolute atomic E-state index is 14.0. The lowest BCUT2D eigenvalue weighted by atomic mass is 9.97. The van der Waals surface area contributed by atoms with E-state index in [-0.39, 0.29) is 6.04 Å². The first-order valence-corrected chi connectivity index (χ1v) is 7.26. The van der Waals surface area contributed by atoms with Gasteiger partial charge in [-0.15, -0.1) is 0 Å². The Bertz CT molecular complexity index is 613. The van der Waals surface area contributed by atoms with Gasteiger partial charge in [-0.3, -0.25) is 0 Å². The second kappa shape index (κ2) is 6.46. The van der Waals surface area contributed by atoms with Crippen LogP contribution in [0.25, 0.3) is 0 Å². The molecular formula is C16H16BrF2N. The largest absolute Gasteiger partial charge is 0.306 e. The van der Waals surface area contributed by atoms with E-state index in [0.717, 1.165) is 27.7 Å². The molecule has 0 aromatic heterocycles. The molecule has 0 heterocycles. The van der Waals surface area contributed by atoms with Gasteiger partial charge in [0.2, 0.25) is 0 Å². The van der Waals surface area contributed by atoms with Gasteiger partial charge in [0.05, 0.1) is 6.04 Å². The highest BCUT2D eigenvalue weighted by atomic mass is 79.9. The average molecular weight is 340 g/mol. The van der Waals surface area contributed by atoms with Gasteiger partial charge in [0, 0.05) is 10.0 Å². The van der Waals surface area contributed by atoms with Gasteiger partial charge < -0.3 is 5.32 Å².